The van der Waals surface area contributed by atoms with Gasteiger partial charge in [-0.05, 0) is 17.7 Å². The lowest BCUT2D eigenvalue weighted by Crippen LogP contribution is -2.17. The molecule has 0 saturated carbocycles. The number of ether oxygens (including phenoxy) is 2. The van der Waals surface area contributed by atoms with Gasteiger partial charge in [0.15, 0.2) is 11.5 Å². The van der Waals surface area contributed by atoms with Crippen molar-refractivity contribution in [3.8, 4) is 17.2 Å². The average molecular weight is 227 g/mol. The molecule has 5 heteroatoms. The van der Waals surface area contributed by atoms with Gasteiger partial charge >= 0.3 is 0 Å². The zero-order valence-electron chi connectivity index (χ0n) is 9.49. The number of nitrogens with one attached hydrogen (secondary N) is 1. The molecule has 0 aliphatic carbocycles. The molecule has 0 atom stereocenters. The number of hydrogen-bond acceptors (Lipinski definition) is 5. The lowest BCUT2D eigenvalue weighted by Gasteiger charge is -2.11. The van der Waals surface area contributed by atoms with Crippen LogP contribution in [0.5, 0.6) is 17.2 Å². The smallest absolute Gasteiger partial charge is 0.200 e. The molecule has 0 unspecified atom stereocenters. The summed E-state index contributed by atoms with van der Waals surface area (Å²) in [5.74, 6) is 0.746. The topological polar surface area (TPSA) is 71.0 Å². The van der Waals surface area contributed by atoms with E-state index in [1.54, 1.807) is 12.1 Å². The summed E-state index contributed by atoms with van der Waals surface area (Å²) in [4.78, 5) is 0. The van der Waals surface area contributed by atoms with Crippen LogP contribution in [0, 0.1) is 0 Å². The lowest BCUT2D eigenvalue weighted by molar-refractivity contribution is 0.291. The van der Waals surface area contributed by atoms with Crippen molar-refractivity contribution in [3.63, 3.8) is 0 Å². The SMILES string of the molecule is COc1cc(CNCCO)cc(OC)c1O. The molecule has 1 aromatic carbocycles. The van der Waals surface area contributed by atoms with Gasteiger partial charge in [0.05, 0.1) is 20.8 Å². The zero-order chi connectivity index (χ0) is 12.0. The van der Waals surface area contributed by atoms with Crippen molar-refractivity contribution in [1.29, 1.82) is 0 Å². The third-order valence-corrected chi connectivity index (χ3v) is 2.16. The highest BCUT2D eigenvalue weighted by Crippen LogP contribution is 2.36. The van der Waals surface area contributed by atoms with Crippen molar-refractivity contribution < 1.29 is 19.7 Å². The van der Waals surface area contributed by atoms with E-state index in [1.165, 1.54) is 14.2 Å². The Morgan fingerprint density at radius 2 is 1.75 bits per heavy atom. The molecule has 0 aliphatic rings. The summed E-state index contributed by atoms with van der Waals surface area (Å²) >= 11 is 0. The molecule has 90 valence electrons. The number of aromatic hydroxyl groups is 1. The molecule has 0 amide bonds. The van der Waals surface area contributed by atoms with Gasteiger partial charge in [-0.3, -0.25) is 0 Å². The van der Waals surface area contributed by atoms with Crippen LogP contribution in [0.25, 0.3) is 0 Å². The fraction of sp³-hybridized carbons (Fsp3) is 0.455. The molecule has 0 aliphatic heterocycles. The van der Waals surface area contributed by atoms with Crippen LogP contribution in [0.3, 0.4) is 0 Å². The molecule has 1 aromatic rings. The third kappa shape index (κ3) is 3.01. The zero-order valence-corrected chi connectivity index (χ0v) is 9.49. The van der Waals surface area contributed by atoms with Gasteiger partial charge in [-0.1, -0.05) is 0 Å². The van der Waals surface area contributed by atoms with Crippen LogP contribution in [0.1, 0.15) is 5.56 Å². The highest BCUT2D eigenvalue weighted by atomic mass is 16.5. The minimum Gasteiger partial charge on any atom is -0.502 e. The number of phenols is 1. The van der Waals surface area contributed by atoms with Crippen LogP contribution in [0.4, 0.5) is 0 Å². The van der Waals surface area contributed by atoms with Crippen molar-refractivity contribution >= 4 is 0 Å². The van der Waals surface area contributed by atoms with Gasteiger partial charge in [-0.15, -0.1) is 0 Å². The second kappa shape index (κ2) is 6.19. The first-order valence-electron chi connectivity index (χ1n) is 4.98. The Hall–Kier alpha value is -1.46. The number of benzene rings is 1. The summed E-state index contributed by atoms with van der Waals surface area (Å²) < 4.78 is 10.1. The molecule has 5 nitrogen and oxygen atoms in total. The largest absolute Gasteiger partial charge is 0.502 e. The van der Waals surface area contributed by atoms with Crippen LogP contribution in [-0.4, -0.2) is 37.6 Å². The van der Waals surface area contributed by atoms with Gasteiger partial charge in [0.2, 0.25) is 5.75 Å². The van der Waals surface area contributed by atoms with Crippen molar-refractivity contribution in [2.24, 2.45) is 0 Å². The number of methoxy groups -OCH3 is 2. The van der Waals surface area contributed by atoms with E-state index < -0.39 is 0 Å². The molecule has 0 spiro atoms. The second-order valence-corrected chi connectivity index (χ2v) is 3.25. The molecule has 0 radical (unpaired) electrons. The Balaban J connectivity index is 2.84. The highest BCUT2D eigenvalue weighted by molar-refractivity contribution is 5.52. The van der Waals surface area contributed by atoms with Crippen molar-refractivity contribution in [2.45, 2.75) is 6.54 Å². The monoisotopic (exact) mass is 227 g/mol. The van der Waals surface area contributed by atoms with E-state index in [1.807, 2.05) is 0 Å². The van der Waals surface area contributed by atoms with Crippen LogP contribution < -0.4 is 14.8 Å². The van der Waals surface area contributed by atoms with Gasteiger partial charge < -0.3 is 25.0 Å². The van der Waals surface area contributed by atoms with Crippen LogP contribution in [0.15, 0.2) is 12.1 Å². The fourth-order valence-corrected chi connectivity index (χ4v) is 1.36. The fourth-order valence-electron chi connectivity index (χ4n) is 1.36. The standard InChI is InChI=1S/C11H17NO4/c1-15-9-5-8(7-12-3-4-13)6-10(16-2)11(9)14/h5-6,12-14H,3-4,7H2,1-2H3. The minimum atomic E-state index is -0.00379. The second-order valence-electron chi connectivity index (χ2n) is 3.25. The van der Waals surface area contributed by atoms with E-state index in [9.17, 15) is 5.11 Å². The minimum absolute atomic E-state index is 0.00379. The molecule has 1 rings (SSSR count). The maximum absolute atomic E-state index is 9.67. The number of aliphatic hydroxyl groups excluding tert-OH is 1. The number of hydrogen-bond donors (Lipinski definition) is 3. The van der Waals surface area contributed by atoms with Crippen molar-refractivity contribution in [2.75, 3.05) is 27.4 Å². The Bertz CT molecular complexity index is 316. The van der Waals surface area contributed by atoms with E-state index in [0.29, 0.717) is 24.6 Å². The summed E-state index contributed by atoms with van der Waals surface area (Å²) in [5.41, 5.74) is 0.917. The van der Waals surface area contributed by atoms with E-state index >= 15 is 0 Å². The summed E-state index contributed by atoms with van der Waals surface area (Å²) in [6.07, 6.45) is 0. The van der Waals surface area contributed by atoms with Crippen LogP contribution in [-0.2, 0) is 6.54 Å². The van der Waals surface area contributed by atoms with Crippen LogP contribution in [0.2, 0.25) is 0 Å². The molecular formula is C11H17NO4. The van der Waals surface area contributed by atoms with Crippen molar-refractivity contribution in [1.82, 2.24) is 5.32 Å². The maximum Gasteiger partial charge on any atom is 0.200 e. The van der Waals surface area contributed by atoms with Crippen molar-refractivity contribution in [3.05, 3.63) is 17.7 Å². The Labute approximate surface area is 94.6 Å². The third-order valence-electron chi connectivity index (χ3n) is 2.16. The quantitative estimate of drug-likeness (QED) is 0.617. The Morgan fingerprint density at radius 1 is 1.19 bits per heavy atom. The molecule has 0 aromatic heterocycles. The van der Waals surface area contributed by atoms with Gasteiger partial charge in [0, 0.05) is 13.1 Å². The van der Waals surface area contributed by atoms with E-state index in [-0.39, 0.29) is 12.4 Å². The predicted molar refractivity (Wildman–Crippen MR) is 60.0 cm³/mol. The first-order chi connectivity index (χ1) is 7.72. The first kappa shape index (κ1) is 12.6. The van der Waals surface area contributed by atoms with E-state index in [2.05, 4.69) is 5.32 Å². The van der Waals surface area contributed by atoms with E-state index in [0.717, 1.165) is 5.56 Å². The average Bonchev–Trinajstić information content (AvgIpc) is 2.31. The molecule has 3 N–H and O–H groups in total. The molecule has 16 heavy (non-hydrogen) atoms. The molecule has 0 heterocycles. The maximum atomic E-state index is 9.67. The predicted octanol–water partition coefficient (Wildman–Crippen LogP) is 0.491. The van der Waals surface area contributed by atoms with Gasteiger partial charge in [-0.2, -0.15) is 0 Å². The van der Waals surface area contributed by atoms with E-state index in [4.69, 9.17) is 14.6 Å². The Kier molecular flexibility index (Phi) is 4.88. The molecule has 0 saturated heterocycles. The van der Waals surface area contributed by atoms with Gasteiger partial charge in [0.1, 0.15) is 0 Å². The summed E-state index contributed by atoms with van der Waals surface area (Å²) in [6.45, 7) is 1.19. The molecular weight excluding hydrogens is 210 g/mol. The van der Waals surface area contributed by atoms with Gasteiger partial charge in [0.25, 0.3) is 0 Å². The van der Waals surface area contributed by atoms with Crippen LogP contribution >= 0.6 is 0 Å². The first-order valence-corrected chi connectivity index (χ1v) is 4.98. The lowest BCUT2D eigenvalue weighted by atomic mass is 10.2. The summed E-state index contributed by atoms with van der Waals surface area (Å²) in [7, 11) is 2.97. The normalized spacial score (nSPS) is 10.2. The number of aliphatic hydroxyl groups is 1. The number of rotatable bonds is 6. The molecule has 0 bridgehead atoms. The van der Waals surface area contributed by atoms with Gasteiger partial charge in [-0.25, -0.2) is 0 Å². The summed E-state index contributed by atoms with van der Waals surface area (Å²) in [5, 5.41) is 21.3. The highest BCUT2D eigenvalue weighted by Gasteiger charge is 2.10. The Morgan fingerprint density at radius 3 is 2.19 bits per heavy atom. The summed E-state index contributed by atoms with van der Waals surface area (Å²) in [6, 6.07) is 3.45. The molecule has 0 fully saturated rings. The number of phenolic OH excluding ortho intramolecular Hbond substituents is 1.